The van der Waals surface area contributed by atoms with Crippen molar-refractivity contribution in [2.45, 2.75) is 13.8 Å². The minimum atomic E-state index is 0.160. The van der Waals surface area contributed by atoms with Gasteiger partial charge < -0.3 is 14.7 Å². The summed E-state index contributed by atoms with van der Waals surface area (Å²) in [5.41, 5.74) is 1.94. The van der Waals surface area contributed by atoms with Gasteiger partial charge in [0, 0.05) is 0 Å². The third-order valence-electron chi connectivity index (χ3n) is 2.58. The Hall–Kier alpha value is -2.30. The summed E-state index contributed by atoms with van der Waals surface area (Å²) in [4.78, 5) is 0.436. The summed E-state index contributed by atoms with van der Waals surface area (Å²) < 4.78 is 10.8. The number of aryl methyl sites for hydroxylation is 2. The van der Waals surface area contributed by atoms with Gasteiger partial charge in [0.2, 0.25) is 6.20 Å². The molecule has 0 aliphatic carbocycles. The van der Waals surface area contributed by atoms with Gasteiger partial charge in [-0.1, -0.05) is 23.0 Å². The largest absolute Gasteiger partial charge is 0.594 e. The molecule has 0 atom stereocenters. The predicted octanol–water partition coefficient (Wildman–Crippen LogP) is 2.13. The van der Waals surface area contributed by atoms with Gasteiger partial charge in [0.15, 0.2) is 5.75 Å². The number of hydrogen-bond acceptors (Lipinski definition) is 4. The molecule has 0 spiro atoms. The predicted molar refractivity (Wildman–Crippen MR) is 65.7 cm³/mol. The van der Waals surface area contributed by atoms with Crippen LogP contribution in [-0.4, -0.2) is 12.2 Å². The molecule has 0 saturated heterocycles. The standard InChI is InChI=1S/C13H14N2O3/c1-9-5-4-6-10(2)12(9)18-13-11(17-3)7-8-15(16)14-13/h4-8H,1-3H3. The van der Waals surface area contributed by atoms with Crippen molar-refractivity contribution < 1.29 is 14.3 Å². The zero-order valence-corrected chi connectivity index (χ0v) is 10.5. The second kappa shape index (κ2) is 4.91. The number of nitrogens with zero attached hydrogens (tertiary/aromatic N) is 2. The molecule has 0 aliphatic rings. The van der Waals surface area contributed by atoms with Crippen LogP contribution in [0.3, 0.4) is 0 Å². The van der Waals surface area contributed by atoms with Gasteiger partial charge in [0.1, 0.15) is 5.75 Å². The summed E-state index contributed by atoms with van der Waals surface area (Å²) in [5.74, 6) is 1.27. The summed E-state index contributed by atoms with van der Waals surface area (Å²) in [5, 5.41) is 14.9. The number of rotatable bonds is 3. The summed E-state index contributed by atoms with van der Waals surface area (Å²) in [6.45, 7) is 3.87. The molecular formula is C13H14N2O3. The molecule has 2 rings (SSSR count). The molecule has 0 fully saturated rings. The third kappa shape index (κ3) is 2.34. The Morgan fingerprint density at radius 2 is 1.83 bits per heavy atom. The number of ether oxygens (including phenoxy) is 2. The van der Waals surface area contributed by atoms with Crippen LogP contribution in [0.4, 0.5) is 0 Å². The van der Waals surface area contributed by atoms with Crippen molar-refractivity contribution in [3.63, 3.8) is 0 Å². The van der Waals surface area contributed by atoms with Gasteiger partial charge >= 0.3 is 5.88 Å². The minimum Gasteiger partial charge on any atom is -0.594 e. The molecule has 0 aliphatic heterocycles. The van der Waals surface area contributed by atoms with E-state index in [1.54, 1.807) is 0 Å². The first-order valence-corrected chi connectivity index (χ1v) is 5.50. The average Bonchev–Trinajstić information content (AvgIpc) is 2.34. The van der Waals surface area contributed by atoms with Gasteiger partial charge in [-0.05, 0) is 25.0 Å². The minimum absolute atomic E-state index is 0.160. The Balaban J connectivity index is 2.42. The molecule has 0 unspecified atom stereocenters. The highest BCUT2D eigenvalue weighted by Crippen LogP contribution is 2.31. The Morgan fingerprint density at radius 1 is 1.17 bits per heavy atom. The number of benzene rings is 1. The number of aromatic nitrogens is 2. The van der Waals surface area contributed by atoms with E-state index >= 15 is 0 Å². The summed E-state index contributed by atoms with van der Waals surface area (Å²) in [6, 6.07) is 7.33. The van der Waals surface area contributed by atoms with Gasteiger partial charge in [0.05, 0.1) is 18.3 Å². The molecule has 0 radical (unpaired) electrons. The number of para-hydroxylation sites is 1. The highest BCUT2D eigenvalue weighted by Gasteiger charge is 2.14. The van der Waals surface area contributed by atoms with E-state index in [-0.39, 0.29) is 5.88 Å². The molecule has 5 nitrogen and oxygen atoms in total. The van der Waals surface area contributed by atoms with E-state index in [1.807, 2.05) is 32.0 Å². The van der Waals surface area contributed by atoms with Gasteiger partial charge in [-0.3, -0.25) is 0 Å². The Bertz CT molecular complexity index is 550. The Labute approximate surface area is 105 Å². The van der Waals surface area contributed by atoms with Gasteiger partial charge in [-0.2, -0.15) is 0 Å². The van der Waals surface area contributed by atoms with E-state index in [9.17, 15) is 5.21 Å². The van der Waals surface area contributed by atoms with E-state index in [0.717, 1.165) is 11.1 Å². The maximum Gasteiger partial charge on any atom is 0.328 e. The van der Waals surface area contributed by atoms with Gasteiger partial charge in [0.25, 0.3) is 0 Å². The second-order valence-electron chi connectivity index (χ2n) is 3.91. The van der Waals surface area contributed by atoms with Crippen molar-refractivity contribution in [1.82, 2.24) is 5.10 Å². The first-order chi connectivity index (χ1) is 8.61. The summed E-state index contributed by atoms with van der Waals surface area (Å²) >= 11 is 0. The molecule has 0 saturated carbocycles. The van der Waals surface area contributed by atoms with Crippen LogP contribution in [0.2, 0.25) is 0 Å². The smallest absolute Gasteiger partial charge is 0.328 e. The van der Waals surface area contributed by atoms with E-state index in [4.69, 9.17) is 9.47 Å². The number of methoxy groups -OCH3 is 1. The van der Waals surface area contributed by atoms with E-state index in [0.29, 0.717) is 16.3 Å². The fourth-order valence-electron chi connectivity index (χ4n) is 1.66. The van der Waals surface area contributed by atoms with Crippen molar-refractivity contribution in [3.05, 3.63) is 46.8 Å². The Kier molecular flexibility index (Phi) is 3.32. The average molecular weight is 246 g/mol. The van der Waals surface area contributed by atoms with E-state index in [1.165, 1.54) is 19.4 Å². The van der Waals surface area contributed by atoms with Crippen molar-refractivity contribution >= 4 is 0 Å². The fraction of sp³-hybridized carbons (Fsp3) is 0.231. The lowest BCUT2D eigenvalue weighted by atomic mass is 10.1. The molecule has 0 bridgehead atoms. The van der Waals surface area contributed by atoms with Crippen LogP contribution in [-0.2, 0) is 0 Å². The first kappa shape index (κ1) is 12.2. The van der Waals surface area contributed by atoms with E-state index in [2.05, 4.69) is 5.10 Å². The zero-order chi connectivity index (χ0) is 13.1. The summed E-state index contributed by atoms with van der Waals surface area (Å²) in [6.07, 6.45) is 1.26. The lowest BCUT2D eigenvalue weighted by Crippen LogP contribution is -2.30. The van der Waals surface area contributed by atoms with Crippen LogP contribution in [0.1, 0.15) is 11.1 Å². The van der Waals surface area contributed by atoms with Gasteiger partial charge in [-0.15, -0.1) is 0 Å². The molecule has 2 aromatic rings. The van der Waals surface area contributed by atoms with Crippen LogP contribution in [0.5, 0.6) is 17.4 Å². The molecule has 1 aromatic heterocycles. The zero-order valence-electron chi connectivity index (χ0n) is 10.5. The first-order valence-electron chi connectivity index (χ1n) is 5.50. The topological polar surface area (TPSA) is 58.3 Å². The van der Waals surface area contributed by atoms with Crippen LogP contribution in [0.15, 0.2) is 30.5 Å². The molecule has 5 heteroatoms. The monoisotopic (exact) mass is 246 g/mol. The highest BCUT2D eigenvalue weighted by molar-refractivity contribution is 5.43. The molecule has 18 heavy (non-hydrogen) atoms. The van der Waals surface area contributed by atoms with Gasteiger partial charge in [-0.25, -0.2) is 0 Å². The normalized spacial score (nSPS) is 10.2. The number of hydrogen-bond donors (Lipinski definition) is 0. The SMILES string of the molecule is COc1cc[n+]([O-])nc1Oc1c(C)cccc1C. The van der Waals surface area contributed by atoms with Crippen LogP contribution in [0, 0.1) is 19.1 Å². The maximum absolute atomic E-state index is 11.2. The van der Waals surface area contributed by atoms with Crippen LogP contribution < -0.4 is 14.3 Å². The van der Waals surface area contributed by atoms with Crippen molar-refractivity contribution in [2.24, 2.45) is 0 Å². The van der Waals surface area contributed by atoms with E-state index < -0.39 is 0 Å². The van der Waals surface area contributed by atoms with Crippen molar-refractivity contribution in [3.8, 4) is 17.4 Å². The molecule has 94 valence electrons. The lowest BCUT2D eigenvalue weighted by Gasteiger charge is -2.11. The molecule has 1 heterocycles. The van der Waals surface area contributed by atoms with Crippen molar-refractivity contribution in [1.29, 1.82) is 0 Å². The molecular weight excluding hydrogens is 232 g/mol. The maximum atomic E-state index is 11.2. The van der Waals surface area contributed by atoms with Crippen LogP contribution >= 0.6 is 0 Å². The lowest BCUT2D eigenvalue weighted by molar-refractivity contribution is -0.669. The van der Waals surface area contributed by atoms with Crippen LogP contribution in [0.25, 0.3) is 0 Å². The molecule has 1 aromatic carbocycles. The molecule has 0 N–H and O–H groups in total. The molecule has 0 amide bonds. The Morgan fingerprint density at radius 3 is 2.44 bits per heavy atom. The quantitative estimate of drug-likeness (QED) is 0.615. The fourth-order valence-corrected chi connectivity index (χ4v) is 1.66. The highest BCUT2D eigenvalue weighted by atomic mass is 16.5. The van der Waals surface area contributed by atoms with Crippen molar-refractivity contribution in [2.75, 3.05) is 7.11 Å². The third-order valence-corrected chi connectivity index (χ3v) is 2.58. The second-order valence-corrected chi connectivity index (χ2v) is 3.91. The summed E-state index contributed by atoms with van der Waals surface area (Å²) in [7, 11) is 1.50.